The van der Waals surface area contributed by atoms with Crippen molar-refractivity contribution in [1.29, 1.82) is 0 Å². The molecule has 4 nitrogen and oxygen atoms in total. The van der Waals surface area contributed by atoms with Crippen LogP contribution in [0.25, 0.3) is 10.9 Å². The SMILES string of the molecule is COc1ccc2cc(Cn3ccnc3C)c(Cl)nc2c1. The number of imidazole rings is 1. The van der Waals surface area contributed by atoms with Gasteiger partial charge < -0.3 is 9.30 Å². The summed E-state index contributed by atoms with van der Waals surface area (Å²) in [5, 5.41) is 1.56. The zero-order chi connectivity index (χ0) is 14.1. The molecular weight excluding hydrogens is 274 g/mol. The standard InChI is InChI=1S/C15H14ClN3O/c1-10-17-5-6-19(10)9-12-7-11-3-4-13(20-2)8-14(11)18-15(12)16/h3-8H,9H2,1-2H3. The Morgan fingerprint density at radius 1 is 1.30 bits per heavy atom. The maximum atomic E-state index is 6.28. The molecule has 1 aromatic carbocycles. The number of hydrogen-bond donors (Lipinski definition) is 0. The molecule has 0 spiro atoms. The molecule has 0 fully saturated rings. The van der Waals surface area contributed by atoms with Crippen LogP contribution in [0, 0.1) is 6.92 Å². The second kappa shape index (κ2) is 5.13. The summed E-state index contributed by atoms with van der Waals surface area (Å²) in [6.07, 6.45) is 3.71. The van der Waals surface area contributed by atoms with Crippen molar-refractivity contribution in [2.24, 2.45) is 0 Å². The molecule has 0 aliphatic heterocycles. The van der Waals surface area contributed by atoms with Gasteiger partial charge in [0.05, 0.1) is 19.2 Å². The molecule has 0 saturated heterocycles. The van der Waals surface area contributed by atoms with Crippen LogP contribution in [0.5, 0.6) is 5.75 Å². The zero-order valence-electron chi connectivity index (χ0n) is 11.3. The van der Waals surface area contributed by atoms with Crippen LogP contribution in [0.3, 0.4) is 0 Å². The van der Waals surface area contributed by atoms with Crippen LogP contribution in [0.1, 0.15) is 11.4 Å². The van der Waals surface area contributed by atoms with Crippen molar-refractivity contribution in [2.75, 3.05) is 7.11 Å². The van der Waals surface area contributed by atoms with E-state index in [9.17, 15) is 0 Å². The molecule has 0 aliphatic rings. The first kappa shape index (κ1) is 12.9. The average Bonchev–Trinajstić information content (AvgIpc) is 2.84. The van der Waals surface area contributed by atoms with E-state index in [-0.39, 0.29) is 0 Å². The Balaban J connectivity index is 2.04. The van der Waals surface area contributed by atoms with Crippen molar-refractivity contribution in [3.63, 3.8) is 0 Å². The smallest absolute Gasteiger partial charge is 0.134 e. The molecule has 0 amide bonds. The monoisotopic (exact) mass is 287 g/mol. The lowest BCUT2D eigenvalue weighted by atomic mass is 10.1. The van der Waals surface area contributed by atoms with Gasteiger partial charge in [0, 0.05) is 29.4 Å². The molecule has 2 heterocycles. The van der Waals surface area contributed by atoms with E-state index in [1.807, 2.05) is 35.9 Å². The van der Waals surface area contributed by atoms with E-state index in [2.05, 4.69) is 16.0 Å². The quantitative estimate of drug-likeness (QED) is 0.693. The molecule has 2 aromatic heterocycles. The van der Waals surface area contributed by atoms with Crippen LogP contribution in [0.4, 0.5) is 0 Å². The summed E-state index contributed by atoms with van der Waals surface area (Å²) >= 11 is 6.28. The molecule has 5 heteroatoms. The van der Waals surface area contributed by atoms with Gasteiger partial charge in [0.2, 0.25) is 0 Å². The van der Waals surface area contributed by atoms with Gasteiger partial charge in [0.25, 0.3) is 0 Å². The van der Waals surface area contributed by atoms with Gasteiger partial charge in [-0.05, 0) is 25.1 Å². The predicted octanol–water partition coefficient (Wildman–Crippen LogP) is 3.45. The Morgan fingerprint density at radius 2 is 2.15 bits per heavy atom. The Bertz CT molecular complexity index is 767. The number of aryl methyl sites for hydroxylation is 1. The lowest BCUT2D eigenvalue weighted by Crippen LogP contribution is -2.02. The Kier molecular flexibility index (Phi) is 3.32. The van der Waals surface area contributed by atoms with Crippen LogP contribution in [0.2, 0.25) is 5.15 Å². The fourth-order valence-corrected chi connectivity index (χ4v) is 2.36. The number of nitrogens with zero attached hydrogens (tertiary/aromatic N) is 3. The largest absolute Gasteiger partial charge is 0.497 e. The highest BCUT2D eigenvalue weighted by molar-refractivity contribution is 6.30. The highest BCUT2D eigenvalue weighted by Gasteiger charge is 2.08. The molecule has 0 atom stereocenters. The molecule has 3 rings (SSSR count). The Labute approximate surface area is 122 Å². The first-order chi connectivity index (χ1) is 9.67. The van der Waals surface area contributed by atoms with Gasteiger partial charge in [-0.1, -0.05) is 11.6 Å². The van der Waals surface area contributed by atoms with Crippen LogP contribution in [-0.4, -0.2) is 21.6 Å². The fraction of sp³-hybridized carbons (Fsp3) is 0.200. The van der Waals surface area contributed by atoms with Crippen molar-refractivity contribution < 1.29 is 4.74 Å². The van der Waals surface area contributed by atoms with Crippen molar-refractivity contribution in [3.05, 3.63) is 53.2 Å². The summed E-state index contributed by atoms with van der Waals surface area (Å²) in [6.45, 7) is 2.63. The van der Waals surface area contributed by atoms with Crippen molar-refractivity contribution >= 4 is 22.5 Å². The topological polar surface area (TPSA) is 39.9 Å². The highest BCUT2D eigenvalue weighted by Crippen LogP contribution is 2.24. The molecule has 0 N–H and O–H groups in total. The van der Waals surface area contributed by atoms with Gasteiger partial charge in [-0.2, -0.15) is 0 Å². The summed E-state index contributed by atoms with van der Waals surface area (Å²) in [5.41, 5.74) is 1.81. The van der Waals surface area contributed by atoms with E-state index in [1.165, 1.54) is 0 Å². The number of hydrogen-bond acceptors (Lipinski definition) is 3. The highest BCUT2D eigenvalue weighted by atomic mass is 35.5. The minimum atomic E-state index is 0.513. The molecule has 0 radical (unpaired) electrons. The second-order valence-corrected chi connectivity index (χ2v) is 4.96. The predicted molar refractivity (Wildman–Crippen MR) is 79.4 cm³/mol. The van der Waals surface area contributed by atoms with E-state index >= 15 is 0 Å². The third-order valence-corrected chi connectivity index (χ3v) is 3.64. The van der Waals surface area contributed by atoms with E-state index in [1.54, 1.807) is 13.3 Å². The van der Waals surface area contributed by atoms with Gasteiger partial charge in [-0.25, -0.2) is 9.97 Å². The summed E-state index contributed by atoms with van der Waals surface area (Å²) in [6, 6.07) is 7.85. The van der Waals surface area contributed by atoms with E-state index in [0.717, 1.165) is 28.0 Å². The number of pyridine rings is 1. The third kappa shape index (κ3) is 2.34. The van der Waals surface area contributed by atoms with Gasteiger partial charge >= 0.3 is 0 Å². The first-order valence-electron chi connectivity index (χ1n) is 6.28. The van der Waals surface area contributed by atoms with Crippen molar-refractivity contribution in [2.45, 2.75) is 13.5 Å². The van der Waals surface area contributed by atoms with E-state index < -0.39 is 0 Å². The molecule has 3 aromatic rings. The number of fused-ring (bicyclic) bond motifs is 1. The zero-order valence-corrected chi connectivity index (χ0v) is 12.1. The number of methoxy groups -OCH3 is 1. The van der Waals surface area contributed by atoms with E-state index in [4.69, 9.17) is 16.3 Å². The van der Waals surface area contributed by atoms with Gasteiger partial charge in [0.15, 0.2) is 0 Å². The van der Waals surface area contributed by atoms with Gasteiger partial charge in [0.1, 0.15) is 16.7 Å². The minimum Gasteiger partial charge on any atom is -0.497 e. The van der Waals surface area contributed by atoms with Crippen LogP contribution < -0.4 is 4.74 Å². The lowest BCUT2D eigenvalue weighted by Gasteiger charge is -2.09. The molecule has 20 heavy (non-hydrogen) atoms. The van der Waals surface area contributed by atoms with Crippen molar-refractivity contribution in [1.82, 2.24) is 14.5 Å². The summed E-state index contributed by atoms with van der Waals surface area (Å²) in [7, 11) is 1.64. The van der Waals surface area contributed by atoms with Crippen molar-refractivity contribution in [3.8, 4) is 5.75 Å². The van der Waals surface area contributed by atoms with Crippen LogP contribution >= 0.6 is 11.6 Å². The molecule has 102 valence electrons. The summed E-state index contributed by atoms with van der Waals surface area (Å²) in [4.78, 5) is 8.66. The number of ether oxygens (including phenoxy) is 1. The Morgan fingerprint density at radius 3 is 2.85 bits per heavy atom. The maximum Gasteiger partial charge on any atom is 0.134 e. The Hall–Kier alpha value is -2.07. The summed E-state index contributed by atoms with van der Waals surface area (Å²) < 4.78 is 7.24. The number of rotatable bonds is 3. The van der Waals surface area contributed by atoms with Crippen LogP contribution in [0.15, 0.2) is 36.7 Å². The number of benzene rings is 1. The minimum absolute atomic E-state index is 0.513. The first-order valence-corrected chi connectivity index (χ1v) is 6.66. The van der Waals surface area contributed by atoms with E-state index in [0.29, 0.717) is 11.7 Å². The molecule has 0 saturated carbocycles. The van der Waals surface area contributed by atoms with Gasteiger partial charge in [-0.15, -0.1) is 0 Å². The number of aromatic nitrogens is 3. The normalized spacial score (nSPS) is 10.9. The van der Waals surface area contributed by atoms with Gasteiger partial charge in [-0.3, -0.25) is 0 Å². The summed E-state index contributed by atoms with van der Waals surface area (Å²) in [5.74, 6) is 1.73. The van der Waals surface area contributed by atoms with Crippen LogP contribution in [-0.2, 0) is 6.54 Å². The molecule has 0 bridgehead atoms. The maximum absolute atomic E-state index is 6.28. The average molecular weight is 288 g/mol. The molecule has 0 aliphatic carbocycles. The number of halogens is 1. The lowest BCUT2D eigenvalue weighted by molar-refractivity contribution is 0.415. The third-order valence-electron chi connectivity index (χ3n) is 3.32. The molecule has 0 unspecified atom stereocenters. The second-order valence-electron chi connectivity index (χ2n) is 4.60. The fourth-order valence-electron chi connectivity index (χ4n) is 2.16. The molecular formula is C15H14ClN3O.